The second kappa shape index (κ2) is 12.1. The van der Waals surface area contributed by atoms with Crippen LogP contribution in [0.4, 0.5) is 5.69 Å². The number of nitrogens with one attached hydrogen (secondary N) is 1. The van der Waals surface area contributed by atoms with Crippen molar-refractivity contribution in [3.05, 3.63) is 54.1 Å². The second-order valence-corrected chi connectivity index (χ2v) is 7.87. The zero-order chi connectivity index (χ0) is 21.4. The molecule has 31 heavy (non-hydrogen) atoms. The molecule has 2 aromatic rings. The summed E-state index contributed by atoms with van der Waals surface area (Å²) in [5.74, 6) is 2.13. The van der Waals surface area contributed by atoms with Crippen molar-refractivity contribution in [1.82, 2.24) is 0 Å². The Labute approximate surface area is 202 Å². The third-order valence-corrected chi connectivity index (χ3v) is 5.28. The van der Waals surface area contributed by atoms with E-state index in [-0.39, 0.29) is 35.5 Å². The molecule has 1 aliphatic heterocycles. The minimum atomic E-state index is -0.0791. The van der Waals surface area contributed by atoms with Gasteiger partial charge in [-0.25, -0.2) is 0 Å². The van der Waals surface area contributed by atoms with Gasteiger partial charge in [0.1, 0.15) is 11.5 Å². The minimum Gasteiger partial charge on any atom is -0.494 e. The molecule has 0 saturated carbocycles. The average molecular weight is 539 g/mol. The monoisotopic (exact) mass is 539 g/mol. The van der Waals surface area contributed by atoms with Crippen molar-refractivity contribution in [2.75, 3.05) is 31.7 Å². The topological polar surface area (TPSA) is 78.1 Å². The fourth-order valence-electron chi connectivity index (χ4n) is 3.68. The lowest BCUT2D eigenvalue weighted by molar-refractivity contribution is 0.0531. The van der Waals surface area contributed by atoms with Crippen molar-refractivity contribution >= 4 is 35.6 Å². The summed E-state index contributed by atoms with van der Waals surface area (Å²) in [6, 6.07) is 16.1. The molecule has 0 bridgehead atoms. The molecule has 0 atom stereocenters. The van der Waals surface area contributed by atoms with Gasteiger partial charge in [0.15, 0.2) is 5.96 Å². The summed E-state index contributed by atoms with van der Waals surface area (Å²) in [4.78, 5) is 4.69. The summed E-state index contributed by atoms with van der Waals surface area (Å²) >= 11 is 0. The van der Waals surface area contributed by atoms with E-state index in [2.05, 4.69) is 22.4 Å². The van der Waals surface area contributed by atoms with Crippen LogP contribution in [0.15, 0.2) is 53.5 Å². The molecule has 0 unspecified atom stereocenters. The average Bonchev–Trinajstić information content (AvgIpc) is 2.75. The van der Waals surface area contributed by atoms with Crippen LogP contribution in [0.5, 0.6) is 11.5 Å². The molecule has 1 saturated heterocycles. The molecule has 0 spiro atoms. The number of anilines is 1. The number of ether oxygens (including phenoxy) is 3. The van der Waals surface area contributed by atoms with E-state index in [9.17, 15) is 0 Å². The van der Waals surface area contributed by atoms with Crippen LogP contribution in [0.3, 0.4) is 0 Å². The second-order valence-electron chi connectivity index (χ2n) is 7.87. The van der Waals surface area contributed by atoms with E-state index >= 15 is 0 Å². The molecule has 3 N–H and O–H groups in total. The molecule has 170 valence electrons. The van der Waals surface area contributed by atoms with E-state index in [1.807, 2.05) is 57.2 Å². The van der Waals surface area contributed by atoms with Gasteiger partial charge in [0.2, 0.25) is 0 Å². The summed E-state index contributed by atoms with van der Waals surface area (Å²) in [7, 11) is 0. The zero-order valence-electron chi connectivity index (χ0n) is 18.6. The highest BCUT2D eigenvalue weighted by Gasteiger charge is 2.34. The van der Waals surface area contributed by atoms with Gasteiger partial charge in [-0.15, -0.1) is 24.0 Å². The number of hydrogen-bond acceptors (Lipinski definition) is 4. The van der Waals surface area contributed by atoms with E-state index in [0.29, 0.717) is 19.1 Å². The Bertz CT molecular complexity index is 817. The van der Waals surface area contributed by atoms with Gasteiger partial charge in [-0.2, -0.15) is 0 Å². The fraction of sp³-hybridized carbons (Fsp3) is 0.458. The number of aliphatic imine (C=N–C) groups is 1. The van der Waals surface area contributed by atoms with Crippen molar-refractivity contribution in [3.8, 4) is 11.5 Å². The maximum Gasteiger partial charge on any atom is 0.193 e. The Morgan fingerprint density at radius 1 is 1.06 bits per heavy atom. The highest BCUT2D eigenvalue weighted by atomic mass is 127. The molecule has 1 fully saturated rings. The summed E-state index contributed by atoms with van der Waals surface area (Å²) in [6.07, 6.45) is 1.98. The SMILES string of the molecule is CCOc1ccc(C2(CN=C(N)Nc3ccc(OC(C)C)cc3)CCOCC2)cc1.I. The van der Waals surface area contributed by atoms with Crippen LogP contribution in [-0.4, -0.2) is 38.4 Å². The first kappa shape index (κ1) is 25.3. The van der Waals surface area contributed by atoms with Gasteiger partial charge in [-0.05, 0) is 75.6 Å². The Morgan fingerprint density at radius 2 is 1.68 bits per heavy atom. The number of nitrogens with two attached hydrogens (primary N) is 1. The molecule has 1 heterocycles. The van der Waals surface area contributed by atoms with Crippen molar-refractivity contribution in [2.45, 2.75) is 45.1 Å². The van der Waals surface area contributed by atoms with E-state index in [1.54, 1.807) is 0 Å². The van der Waals surface area contributed by atoms with Crippen LogP contribution in [0.2, 0.25) is 0 Å². The van der Waals surface area contributed by atoms with Crippen molar-refractivity contribution < 1.29 is 14.2 Å². The Kier molecular flexibility index (Phi) is 9.90. The van der Waals surface area contributed by atoms with Crippen LogP contribution in [0.1, 0.15) is 39.2 Å². The van der Waals surface area contributed by atoms with Crippen LogP contribution >= 0.6 is 24.0 Å². The van der Waals surface area contributed by atoms with E-state index < -0.39 is 0 Å². The molecule has 3 rings (SSSR count). The summed E-state index contributed by atoms with van der Waals surface area (Å²) in [5, 5.41) is 3.18. The van der Waals surface area contributed by atoms with Gasteiger partial charge < -0.3 is 25.3 Å². The number of hydrogen-bond donors (Lipinski definition) is 2. The molecular formula is C24H34IN3O3. The van der Waals surface area contributed by atoms with Gasteiger partial charge in [-0.3, -0.25) is 4.99 Å². The molecule has 0 amide bonds. The smallest absolute Gasteiger partial charge is 0.193 e. The Balaban J connectivity index is 0.00000341. The molecule has 0 radical (unpaired) electrons. The molecule has 0 aliphatic carbocycles. The first-order valence-electron chi connectivity index (χ1n) is 10.7. The minimum absolute atomic E-state index is 0. The van der Waals surface area contributed by atoms with Crippen LogP contribution < -0.4 is 20.5 Å². The van der Waals surface area contributed by atoms with Crippen LogP contribution in [0.25, 0.3) is 0 Å². The number of benzene rings is 2. The lowest BCUT2D eigenvalue weighted by atomic mass is 9.74. The lowest BCUT2D eigenvalue weighted by Gasteiger charge is -2.36. The highest BCUT2D eigenvalue weighted by molar-refractivity contribution is 14.0. The standard InChI is InChI=1S/C24H33N3O3.HI/c1-4-29-21-9-5-19(6-10-21)24(13-15-28-16-14-24)17-26-23(25)27-20-7-11-22(12-8-20)30-18(2)3;/h5-12,18H,4,13-17H2,1-3H3,(H3,25,26,27);1H. The summed E-state index contributed by atoms with van der Waals surface area (Å²) < 4.78 is 16.9. The van der Waals surface area contributed by atoms with E-state index in [0.717, 1.165) is 43.2 Å². The molecule has 6 nitrogen and oxygen atoms in total. The maximum atomic E-state index is 6.20. The number of nitrogens with zero attached hydrogens (tertiary/aromatic N) is 1. The van der Waals surface area contributed by atoms with Crippen molar-refractivity contribution in [1.29, 1.82) is 0 Å². The Hall–Kier alpha value is -2.00. The first-order valence-corrected chi connectivity index (χ1v) is 10.7. The maximum absolute atomic E-state index is 6.20. The fourth-order valence-corrected chi connectivity index (χ4v) is 3.68. The number of rotatable bonds is 8. The third-order valence-electron chi connectivity index (χ3n) is 5.28. The molecular weight excluding hydrogens is 505 g/mol. The van der Waals surface area contributed by atoms with Crippen LogP contribution in [-0.2, 0) is 10.2 Å². The van der Waals surface area contributed by atoms with Crippen molar-refractivity contribution in [2.24, 2.45) is 10.7 Å². The summed E-state index contributed by atoms with van der Waals surface area (Å²) in [5.41, 5.74) is 8.25. The van der Waals surface area contributed by atoms with Crippen molar-refractivity contribution in [3.63, 3.8) is 0 Å². The van der Waals surface area contributed by atoms with Gasteiger partial charge in [-0.1, -0.05) is 12.1 Å². The van der Waals surface area contributed by atoms with E-state index in [1.165, 1.54) is 5.56 Å². The molecule has 2 aromatic carbocycles. The van der Waals surface area contributed by atoms with Gasteiger partial charge in [0.05, 0.1) is 19.3 Å². The van der Waals surface area contributed by atoms with E-state index in [4.69, 9.17) is 19.9 Å². The Morgan fingerprint density at radius 3 is 2.26 bits per heavy atom. The van der Waals surface area contributed by atoms with Gasteiger partial charge in [0.25, 0.3) is 0 Å². The third kappa shape index (κ3) is 7.28. The molecule has 7 heteroatoms. The predicted octanol–water partition coefficient (Wildman–Crippen LogP) is 4.97. The van der Waals surface area contributed by atoms with Crippen LogP contribution in [0, 0.1) is 0 Å². The normalized spacial score (nSPS) is 15.8. The van der Waals surface area contributed by atoms with Gasteiger partial charge >= 0.3 is 0 Å². The highest BCUT2D eigenvalue weighted by Crippen LogP contribution is 2.36. The largest absolute Gasteiger partial charge is 0.494 e. The first-order chi connectivity index (χ1) is 14.5. The molecule has 0 aromatic heterocycles. The van der Waals surface area contributed by atoms with Gasteiger partial charge in [0, 0.05) is 24.3 Å². The zero-order valence-corrected chi connectivity index (χ0v) is 20.9. The number of halogens is 1. The number of guanidine groups is 1. The molecule has 1 aliphatic rings. The predicted molar refractivity (Wildman–Crippen MR) is 137 cm³/mol. The quantitative estimate of drug-likeness (QED) is 0.282. The summed E-state index contributed by atoms with van der Waals surface area (Å²) in [6.45, 7) is 8.73. The lowest BCUT2D eigenvalue weighted by Crippen LogP contribution is -2.38.